The van der Waals surface area contributed by atoms with Crippen molar-refractivity contribution in [3.05, 3.63) is 11.6 Å². The molecule has 6 aliphatic rings. The van der Waals surface area contributed by atoms with Crippen molar-refractivity contribution in [1.29, 1.82) is 0 Å². The first kappa shape index (κ1) is 31.4. The Morgan fingerprint density at radius 3 is 2.57 bits per heavy atom. The summed E-state index contributed by atoms with van der Waals surface area (Å²) in [5, 5.41) is 52.2. The van der Waals surface area contributed by atoms with Gasteiger partial charge in [0.1, 0.15) is 24.4 Å². The van der Waals surface area contributed by atoms with Crippen LogP contribution in [0.5, 0.6) is 0 Å². The van der Waals surface area contributed by atoms with Crippen molar-refractivity contribution >= 4 is 0 Å². The monoisotopic (exact) mass is 591 g/mol. The molecule has 0 amide bonds. The quantitative estimate of drug-likeness (QED) is 0.309. The highest BCUT2D eigenvalue weighted by atomic mass is 16.7. The van der Waals surface area contributed by atoms with Gasteiger partial charge in [-0.05, 0) is 112 Å². The number of nitrogens with zero attached hydrogens (tertiary/aromatic N) is 1. The molecule has 0 radical (unpaired) electrons. The van der Waals surface area contributed by atoms with E-state index < -0.39 is 37.3 Å². The smallest absolute Gasteiger partial charge is 0.186 e. The maximum absolute atomic E-state index is 11.7. The van der Waals surface area contributed by atoms with Gasteiger partial charge in [-0.3, -0.25) is 0 Å². The SMILES string of the molecule is C[C@@H]([C@H]1CCCCCN1C)[C@@H]1C[C@@H](O)[C@H]2[C@@H]3CC=C4C[C@@H](O[C@H]5O[C@@H](CO)[C@H](O)[C@@H](O)[C@@H]5O)CC[C@]4(C)[C@H]3CC[C@@]21C. The Morgan fingerprint density at radius 1 is 1.02 bits per heavy atom. The van der Waals surface area contributed by atoms with Crippen LogP contribution in [0.3, 0.4) is 0 Å². The number of aliphatic hydroxyl groups excluding tert-OH is 5. The van der Waals surface area contributed by atoms with E-state index in [4.69, 9.17) is 9.47 Å². The molecule has 0 bridgehead atoms. The summed E-state index contributed by atoms with van der Waals surface area (Å²) in [5.74, 6) is 2.55. The van der Waals surface area contributed by atoms with Crippen molar-refractivity contribution < 1.29 is 35.0 Å². The molecule has 240 valence electrons. The third-order valence-corrected chi connectivity index (χ3v) is 13.6. The summed E-state index contributed by atoms with van der Waals surface area (Å²) >= 11 is 0. The molecule has 3 saturated carbocycles. The van der Waals surface area contributed by atoms with Gasteiger partial charge in [0, 0.05) is 6.04 Å². The molecule has 0 aromatic carbocycles. The topological polar surface area (TPSA) is 123 Å². The Balaban J connectivity index is 1.16. The highest BCUT2D eigenvalue weighted by Crippen LogP contribution is 2.67. The van der Waals surface area contributed by atoms with E-state index in [1.54, 1.807) is 0 Å². The molecule has 0 unspecified atom stereocenters. The molecule has 5 N–H and O–H groups in total. The first-order valence-electron chi connectivity index (χ1n) is 17.0. The minimum Gasteiger partial charge on any atom is -0.394 e. The maximum atomic E-state index is 11.7. The number of aliphatic hydroxyl groups is 5. The van der Waals surface area contributed by atoms with Crippen molar-refractivity contribution in [2.45, 2.75) is 140 Å². The van der Waals surface area contributed by atoms with E-state index in [9.17, 15) is 25.5 Å². The molecule has 5 fully saturated rings. The van der Waals surface area contributed by atoms with Crippen LogP contribution in [0.15, 0.2) is 11.6 Å². The van der Waals surface area contributed by atoms with Gasteiger partial charge in [0.15, 0.2) is 6.29 Å². The van der Waals surface area contributed by atoms with Gasteiger partial charge in [-0.1, -0.05) is 45.3 Å². The Hall–Kier alpha value is -0.580. The van der Waals surface area contributed by atoms with Gasteiger partial charge in [-0.15, -0.1) is 0 Å². The summed E-state index contributed by atoms with van der Waals surface area (Å²) in [5.41, 5.74) is 1.67. The van der Waals surface area contributed by atoms with E-state index in [-0.39, 0.29) is 23.0 Å². The van der Waals surface area contributed by atoms with Gasteiger partial charge >= 0.3 is 0 Å². The van der Waals surface area contributed by atoms with Crippen molar-refractivity contribution in [2.75, 3.05) is 20.2 Å². The standard InChI is InChI=1S/C34H57NO7/c1-19(25-8-6-5-7-15-35(25)4)24-17-26(37)28-22-10-9-20-16-21(11-13-33(20,2)23(22)12-14-34(24,28)3)41-32-31(40)30(39)29(38)27(18-36)42-32/h9,19,21-32,36-40H,5-8,10-18H2,1-4H3/t19-,21+,22-,23+,24+,25-,26-,27+,28-,29+,30-,31+,32+,33+,34-/m1/s1. The molecule has 8 heteroatoms. The van der Waals surface area contributed by atoms with Crippen molar-refractivity contribution in [2.24, 2.45) is 40.4 Å². The van der Waals surface area contributed by atoms with Gasteiger partial charge in [0.25, 0.3) is 0 Å². The summed E-state index contributed by atoms with van der Waals surface area (Å²) in [6.45, 7) is 8.19. The number of likely N-dealkylation sites (tertiary alicyclic amines) is 1. The van der Waals surface area contributed by atoms with Gasteiger partial charge in [-0.2, -0.15) is 0 Å². The maximum Gasteiger partial charge on any atom is 0.186 e. The number of hydrogen-bond acceptors (Lipinski definition) is 8. The van der Waals surface area contributed by atoms with Gasteiger partial charge in [0.2, 0.25) is 0 Å². The minimum absolute atomic E-state index is 0.0738. The molecule has 0 spiro atoms. The fraction of sp³-hybridized carbons (Fsp3) is 0.941. The number of hydrogen-bond donors (Lipinski definition) is 5. The second-order valence-electron chi connectivity index (χ2n) is 15.6. The molecule has 2 aliphatic heterocycles. The highest BCUT2D eigenvalue weighted by molar-refractivity contribution is 5.26. The van der Waals surface area contributed by atoms with Gasteiger partial charge in [-0.25, -0.2) is 0 Å². The predicted octanol–water partition coefficient (Wildman–Crippen LogP) is 3.23. The lowest BCUT2D eigenvalue weighted by molar-refractivity contribution is -0.313. The lowest BCUT2D eigenvalue weighted by atomic mass is 9.46. The lowest BCUT2D eigenvalue weighted by Gasteiger charge is -2.59. The molecule has 8 nitrogen and oxygen atoms in total. The van der Waals surface area contributed by atoms with E-state index in [0.29, 0.717) is 35.6 Å². The minimum atomic E-state index is -1.42. The molecular formula is C34H57NO7. The Morgan fingerprint density at radius 2 is 1.81 bits per heavy atom. The third kappa shape index (κ3) is 5.14. The predicted molar refractivity (Wildman–Crippen MR) is 159 cm³/mol. The zero-order chi connectivity index (χ0) is 30.0. The van der Waals surface area contributed by atoms with Gasteiger partial charge < -0.3 is 39.9 Å². The molecule has 15 atom stereocenters. The van der Waals surface area contributed by atoms with Crippen molar-refractivity contribution in [1.82, 2.24) is 4.90 Å². The number of fused-ring (bicyclic) bond motifs is 5. The van der Waals surface area contributed by atoms with E-state index in [0.717, 1.165) is 32.1 Å². The number of rotatable bonds is 5. The summed E-state index contributed by atoms with van der Waals surface area (Å²) in [6.07, 6.45) is 8.01. The van der Waals surface area contributed by atoms with E-state index >= 15 is 0 Å². The molecule has 2 saturated heterocycles. The Kier molecular flexibility index (Phi) is 8.95. The Labute approximate surface area is 252 Å². The largest absolute Gasteiger partial charge is 0.394 e. The lowest BCUT2D eigenvalue weighted by Crippen LogP contribution is -2.60. The molecule has 0 aromatic rings. The van der Waals surface area contributed by atoms with Crippen LogP contribution >= 0.6 is 0 Å². The fourth-order valence-corrected chi connectivity index (χ4v) is 11.3. The fourth-order valence-electron chi connectivity index (χ4n) is 11.3. The van der Waals surface area contributed by atoms with Crippen molar-refractivity contribution in [3.63, 3.8) is 0 Å². The second kappa shape index (κ2) is 12.0. The molecular weight excluding hydrogens is 534 g/mol. The van der Waals surface area contributed by atoms with E-state index in [2.05, 4.69) is 38.8 Å². The summed E-state index contributed by atoms with van der Waals surface area (Å²) in [7, 11) is 2.32. The zero-order valence-corrected chi connectivity index (χ0v) is 26.3. The highest BCUT2D eigenvalue weighted by Gasteiger charge is 2.62. The Bertz CT molecular complexity index is 991. The molecule has 42 heavy (non-hydrogen) atoms. The zero-order valence-electron chi connectivity index (χ0n) is 26.3. The van der Waals surface area contributed by atoms with E-state index in [1.807, 2.05) is 0 Å². The average Bonchev–Trinajstić information content (AvgIpc) is 3.08. The third-order valence-electron chi connectivity index (χ3n) is 13.6. The van der Waals surface area contributed by atoms with Crippen LogP contribution in [0.2, 0.25) is 0 Å². The van der Waals surface area contributed by atoms with Crippen molar-refractivity contribution in [3.8, 4) is 0 Å². The summed E-state index contributed by atoms with van der Waals surface area (Å²) in [4.78, 5) is 2.62. The molecule has 2 heterocycles. The summed E-state index contributed by atoms with van der Waals surface area (Å²) in [6, 6.07) is 0.618. The molecule has 4 aliphatic carbocycles. The van der Waals surface area contributed by atoms with Crippen LogP contribution in [0.4, 0.5) is 0 Å². The first-order valence-corrected chi connectivity index (χ1v) is 17.0. The number of allylic oxidation sites excluding steroid dienone is 1. The normalized spacial score (nSPS) is 52.5. The number of ether oxygens (including phenoxy) is 2. The van der Waals surface area contributed by atoms with Gasteiger partial charge in [0.05, 0.1) is 18.8 Å². The summed E-state index contributed by atoms with van der Waals surface area (Å²) < 4.78 is 11.9. The van der Waals surface area contributed by atoms with Crippen LogP contribution < -0.4 is 0 Å². The second-order valence-corrected chi connectivity index (χ2v) is 15.6. The average molecular weight is 592 g/mol. The van der Waals surface area contributed by atoms with Crippen LogP contribution in [-0.4, -0.2) is 99.6 Å². The first-order chi connectivity index (χ1) is 20.0. The van der Waals surface area contributed by atoms with Crippen LogP contribution in [0.1, 0.15) is 91.4 Å². The molecule has 6 rings (SSSR count). The van der Waals surface area contributed by atoms with Crippen LogP contribution in [-0.2, 0) is 9.47 Å². The van der Waals surface area contributed by atoms with Crippen LogP contribution in [0.25, 0.3) is 0 Å². The molecule has 0 aromatic heterocycles. The van der Waals surface area contributed by atoms with Crippen LogP contribution in [0, 0.1) is 40.4 Å². The van der Waals surface area contributed by atoms with E-state index in [1.165, 1.54) is 50.6 Å².